The van der Waals surface area contributed by atoms with Crippen molar-refractivity contribution in [2.24, 2.45) is 0 Å². The molecule has 1 aliphatic rings. The van der Waals surface area contributed by atoms with Crippen molar-refractivity contribution in [3.63, 3.8) is 0 Å². The molecule has 18 heavy (non-hydrogen) atoms. The second kappa shape index (κ2) is 4.09. The van der Waals surface area contributed by atoms with Crippen molar-refractivity contribution in [1.82, 2.24) is 0 Å². The molecule has 1 fully saturated rings. The van der Waals surface area contributed by atoms with Crippen molar-refractivity contribution in [2.45, 2.75) is 24.7 Å². The number of carboxylic acid groups (broad SMARTS) is 1. The van der Waals surface area contributed by atoms with Gasteiger partial charge in [-0.15, -0.1) is 0 Å². The van der Waals surface area contributed by atoms with Crippen molar-refractivity contribution in [3.05, 3.63) is 28.8 Å². The summed E-state index contributed by atoms with van der Waals surface area (Å²) < 4.78 is 32.1. The lowest BCUT2D eigenvalue weighted by molar-refractivity contribution is -0.143. The maximum Gasteiger partial charge on any atom is 0.320 e. The number of carbonyl (C=O) groups is 1. The summed E-state index contributed by atoms with van der Waals surface area (Å²) in [5.74, 6) is -4.69. The Morgan fingerprint density at radius 2 is 2.17 bits per heavy atom. The molecule has 1 N–H and O–H groups in total. The second-order valence-corrected chi connectivity index (χ2v) is 4.60. The van der Waals surface area contributed by atoms with E-state index in [9.17, 15) is 13.6 Å². The maximum atomic E-state index is 13.5. The molecule has 3 nitrogen and oxygen atoms in total. The van der Waals surface area contributed by atoms with Gasteiger partial charge in [-0.3, -0.25) is 4.79 Å². The van der Waals surface area contributed by atoms with Gasteiger partial charge < -0.3 is 9.84 Å². The van der Waals surface area contributed by atoms with E-state index in [1.54, 1.807) is 6.92 Å². The molecule has 6 heteroatoms. The number of hydrogen-bond donors (Lipinski definition) is 1. The van der Waals surface area contributed by atoms with Gasteiger partial charge in [0.15, 0.2) is 5.41 Å². The lowest BCUT2D eigenvalue weighted by atomic mass is 9.94. The van der Waals surface area contributed by atoms with Crippen LogP contribution < -0.4 is 4.74 Å². The van der Waals surface area contributed by atoms with Crippen LogP contribution >= 0.6 is 11.6 Å². The minimum atomic E-state index is -3.27. The maximum absolute atomic E-state index is 13.5. The lowest BCUT2D eigenvalue weighted by Gasteiger charge is -2.16. The molecule has 0 radical (unpaired) electrons. The summed E-state index contributed by atoms with van der Waals surface area (Å²) in [6.07, 6.45) is -0.726. The smallest absolute Gasteiger partial charge is 0.320 e. The Morgan fingerprint density at radius 3 is 2.61 bits per heavy atom. The average molecular weight is 277 g/mol. The van der Waals surface area contributed by atoms with E-state index in [4.69, 9.17) is 21.4 Å². The molecule has 0 spiro atoms. The number of aliphatic carboxylic acids is 1. The molecule has 2 rings (SSSR count). The van der Waals surface area contributed by atoms with Gasteiger partial charge in [0.25, 0.3) is 5.92 Å². The first-order chi connectivity index (χ1) is 8.35. The zero-order valence-corrected chi connectivity index (χ0v) is 10.3. The van der Waals surface area contributed by atoms with Crippen LogP contribution in [0.2, 0.25) is 5.02 Å². The van der Waals surface area contributed by atoms with Gasteiger partial charge in [-0.2, -0.15) is 0 Å². The van der Waals surface area contributed by atoms with Crippen LogP contribution in [0, 0.1) is 0 Å². The van der Waals surface area contributed by atoms with E-state index in [0.29, 0.717) is 0 Å². The topological polar surface area (TPSA) is 46.5 Å². The van der Waals surface area contributed by atoms with E-state index in [-0.39, 0.29) is 22.9 Å². The Morgan fingerprint density at radius 1 is 1.56 bits per heavy atom. The zero-order valence-electron chi connectivity index (χ0n) is 9.54. The van der Waals surface area contributed by atoms with Crippen LogP contribution in [-0.2, 0) is 10.2 Å². The Hall–Kier alpha value is -1.36. The Labute approximate surface area is 107 Å². The van der Waals surface area contributed by atoms with E-state index in [1.165, 1.54) is 18.2 Å². The highest BCUT2D eigenvalue weighted by Gasteiger charge is 2.78. The molecule has 0 aromatic heterocycles. The third-order valence-corrected chi connectivity index (χ3v) is 3.29. The van der Waals surface area contributed by atoms with Gasteiger partial charge in [0.1, 0.15) is 5.75 Å². The van der Waals surface area contributed by atoms with Crippen LogP contribution in [0.15, 0.2) is 18.2 Å². The van der Waals surface area contributed by atoms with Crippen LogP contribution in [0.1, 0.15) is 18.9 Å². The van der Waals surface area contributed by atoms with Gasteiger partial charge in [0, 0.05) is 17.0 Å². The van der Waals surface area contributed by atoms with E-state index in [2.05, 4.69) is 0 Å². The van der Waals surface area contributed by atoms with Gasteiger partial charge in [0.05, 0.1) is 6.61 Å². The van der Waals surface area contributed by atoms with E-state index in [0.717, 1.165) is 0 Å². The molecule has 98 valence electrons. The number of hydrogen-bond acceptors (Lipinski definition) is 2. The van der Waals surface area contributed by atoms with Crippen LogP contribution in [0.3, 0.4) is 0 Å². The molecule has 0 amide bonds. The van der Waals surface area contributed by atoms with Crippen molar-refractivity contribution < 1.29 is 23.4 Å². The number of halogens is 3. The number of alkyl halides is 2. The lowest BCUT2D eigenvalue weighted by Crippen LogP contribution is -2.27. The molecule has 0 bridgehead atoms. The Bertz CT molecular complexity index is 504. The van der Waals surface area contributed by atoms with Gasteiger partial charge in [0.2, 0.25) is 0 Å². The molecule has 0 aliphatic heterocycles. The molecule has 1 aliphatic carbocycles. The van der Waals surface area contributed by atoms with Crippen LogP contribution in [-0.4, -0.2) is 23.6 Å². The fourth-order valence-corrected chi connectivity index (χ4v) is 2.22. The molecular formula is C12H11ClF2O3. The van der Waals surface area contributed by atoms with Crippen LogP contribution in [0.25, 0.3) is 0 Å². The van der Waals surface area contributed by atoms with Crippen molar-refractivity contribution in [1.29, 1.82) is 0 Å². The average Bonchev–Trinajstić information content (AvgIpc) is 2.86. The first-order valence-electron chi connectivity index (χ1n) is 5.39. The van der Waals surface area contributed by atoms with Crippen molar-refractivity contribution >= 4 is 17.6 Å². The third kappa shape index (κ3) is 1.73. The number of benzene rings is 1. The predicted octanol–water partition coefficient (Wildman–Crippen LogP) is 3.10. The highest BCUT2D eigenvalue weighted by atomic mass is 35.5. The van der Waals surface area contributed by atoms with E-state index in [1.807, 2.05) is 0 Å². The molecule has 1 atom stereocenters. The first-order valence-corrected chi connectivity index (χ1v) is 5.77. The fraction of sp³-hybridized carbons (Fsp3) is 0.417. The summed E-state index contributed by atoms with van der Waals surface area (Å²) in [6, 6.07) is 4.13. The van der Waals surface area contributed by atoms with E-state index < -0.39 is 23.7 Å². The Kier molecular flexibility index (Phi) is 2.97. The molecule has 1 aromatic carbocycles. The van der Waals surface area contributed by atoms with Crippen molar-refractivity contribution in [2.75, 3.05) is 6.61 Å². The molecule has 1 unspecified atom stereocenters. The standard InChI is InChI=1S/C12H11ClF2O3/c1-2-18-9-4-3-7(13)5-8(9)11(10(16)17)6-12(11,14)15/h3-5H,2,6H2,1H3,(H,16,17). The largest absolute Gasteiger partial charge is 0.494 e. The molecule has 0 heterocycles. The summed E-state index contributed by atoms with van der Waals surface area (Å²) >= 11 is 5.76. The fourth-order valence-electron chi connectivity index (χ4n) is 2.05. The highest BCUT2D eigenvalue weighted by Crippen LogP contribution is 2.63. The molecule has 0 saturated heterocycles. The van der Waals surface area contributed by atoms with Gasteiger partial charge in [-0.25, -0.2) is 8.78 Å². The second-order valence-electron chi connectivity index (χ2n) is 4.17. The normalized spacial score (nSPS) is 24.7. The molecule has 1 saturated carbocycles. The van der Waals surface area contributed by atoms with Gasteiger partial charge in [-0.05, 0) is 25.1 Å². The number of carboxylic acids is 1. The van der Waals surface area contributed by atoms with Gasteiger partial charge in [-0.1, -0.05) is 11.6 Å². The summed E-state index contributed by atoms with van der Waals surface area (Å²) in [6.45, 7) is 1.95. The number of rotatable bonds is 4. The monoisotopic (exact) mass is 276 g/mol. The van der Waals surface area contributed by atoms with Crippen LogP contribution in [0.5, 0.6) is 5.75 Å². The van der Waals surface area contributed by atoms with Crippen molar-refractivity contribution in [3.8, 4) is 5.75 Å². The first kappa shape index (κ1) is 13.1. The molecule has 1 aromatic rings. The molecular weight excluding hydrogens is 266 g/mol. The summed E-state index contributed by atoms with van der Waals surface area (Å²) in [4.78, 5) is 11.2. The quantitative estimate of drug-likeness (QED) is 0.919. The van der Waals surface area contributed by atoms with Gasteiger partial charge >= 0.3 is 5.97 Å². The summed E-state index contributed by atoms with van der Waals surface area (Å²) in [7, 11) is 0. The third-order valence-electron chi connectivity index (χ3n) is 3.05. The number of ether oxygens (including phenoxy) is 1. The summed E-state index contributed by atoms with van der Waals surface area (Å²) in [5.41, 5.74) is -2.27. The summed E-state index contributed by atoms with van der Waals surface area (Å²) in [5, 5.41) is 9.30. The minimum absolute atomic E-state index is 0.0608. The zero-order chi connectivity index (χ0) is 13.6. The minimum Gasteiger partial charge on any atom is -0.494 e. The van der Waals surface area contributed by atoms with Crippen LogP contribution in [0.4, 0.5) is 8.78 Å². The highest BCUT2D eigenvalue weighted by molar-refractivity contribution is 6.30. The van der Waals surface area contributed by atoms with E-state index >= 15 is 0 Å². The SMILES string of the molecule is CCOc1ccc(Cl)cc1C1(C(=O)O)CC1(F)F. The Balaban J connectivity index is 2.56. The predicted molar refractivity (Wildman–Crippen MR) is 61.5 cm³/mol.